The second-order valence-corrected chi connectivity index (χ2v) is 7.12. The molecule has 9 heteroatoms. The molecule has 0 aliphatic carbocycles. The summed E-state index contributed by atoms with van der Waals surface area (Å²) in [5.41, 5.74) is 2.99. The highest BCUT2D eigenvalue weighted by atomic mass is 32.2. The van der Waals surface area contributed by atoms with Gasteiger partial charge >= 0.3 is 0 Å². The van der Waals surface area contributed by atoms with E-state index in [2.05, 4.69) is 25.5 Å². The molecule has 2 heterocycles. The molecule has 144 valence electrons. The second-order valence-electron chi connectivity index (χ2n) is 6.19. The molecule has 4 aromatic rings. The van der Waals surface area contributed by atoms with Gasteiger partial charge in [0.2, 0.25) is 11.8 Å². The molecule has 0 saturated heterocycles. The monoisotopic (exact) mass is 404 g/mol. The smallest absolute Gasteiger partial charge is 0.277 e. The van der Waals surface area contributed by atoms with Crippen molar-refractivity contribution in [2.24, 2.45) is 0 Å². The maximum atomic E-state index is 12.1. The summed E-state index contributed by atoms with van der Waals surface area (Å²) in [4.78, 5) is 19.9. The number of aromatic amines is 1. The number of aryl methyl sites for hydroxylation is 2. The number of carbonyl (C=O) groups is 1. The third kappa shape index (κ3) is 4.80. The Bertz CT molecular complexity index is 1160. The number of carbonyl (C=O) groups excluding carboxylic acids is 1. The van der Waals surface area contributed by atoms with Gasteiger partial charge in [0.15, 0.2) is 0 Å². The van der Waals surface area contributed by atoms with E-state index in [-0.39, 0.29) is 11.7 Å². The van der Waals surface area contributed by atoms with Gasteiger partial charge in [0.25, 0.3) is 5.22 Å². The summed E-state index contributed by atoms with van der Waals surface area (Å²) >= 11 is 1.16. The van der Waals surface area contributed by atoms with Crippen LogP contribution in [0.2, 0.25) is 0 Å². The SMILES string of the molecule is N#Cc1cccc(NC(=O)CSc2nnc(CCc3nc4ccccc4[nH]3)o2)c1. The predicted molar refractivity (Wildman–Crippen MR) is 108 cm³/mol. The molecule has 4 rings (SSSR count). The average molecular weight is 404 g/mol. The van der Waals surface area contributed by atoms with Crippen LogP contribution in [0.25, 0.3) is 11.0 Å². The van der Waals surface area contributed by atoms with Crippen molar-refractivity contribution in [1.29, 1.82) is 5.26 Å². The van der Waals surface area contributed by atoms with E-state index < -0.39 is 0 Å². The van der Waals surface area contributed by atoms with Crippen molar-refractivity contribution in [2.45, 2.75) is 18.1 Å². The number of nitrogens with zero attached hydrogens (tertiary/aromatic N) is 4. The van der Waals surface area contributed by atoms with Gasteiger partial charge in [0.05, 0.1) is 28.4 Å². The number of benzene rings is 2. The van der Waals surface area contributed by atoms with Crippen LogP contribution in [0.4, 0.5) is 5.69 Å². The van der Waals surface area contributed by atoms with Crippen LogP contribution >= 0.6 is 11.8 Å². The second kappa shape index (κ2) is 8.58. The highest BCUT2D eigenvalue weighted by molar-refractivity contribution is 7.99. The third-order valence-corrected chi connectivity index (χ3v) is 4.88. The molecule has 1 amide bonds. The molecule has 0 radical (unpaired) electrons. The number of imidazole rings is 1. The topological polar surface area (TPSA) is 120 Å². The summed E-state index contributed by atoms with van der Waals surface area (Å²) in [5, 5.41) is 20.0. The van der Waals surface area contributed by atoms with Crippen LogP contribution in [0.15, 0.2) is 58.2 Å². The zero-order chi connectivity index (χ0) is 20.1. The van der Waals surface area contributed by atoms with Crippen molar-refractivity contribution < 1.29 is 9.21 Å². The van der Waals surface area contributed by atoms with Gasteiger partial charge in [-0.3, -0.25) is 4.79 Å². The molecule has 0 aliphatic rings. The van der Waals surface area contributed by atoms with Crippen molar-refractivity contribution in [3.8, 4) is 6.07 Å². The number of nitriles is 1. The van der Waals surface area contributed by atoms with Gasteiger partial charge in [-0.1, -0.05) is 30.0 Å². The Labute approximate surface area is 170 Å². The normalized spacial score (nSPS) is 10.7. The minimum Gasteiger partial charge on any atom is -0.416 e. The van der Waals surface area contributed by atoms with Crippen LogP contribution < -0.4 is 5.32 Å². The van der Waals surface area contributed by atoms with E-state index in [1.54, 1.807) is 24.3 Å². The number of hydrogen-bond acceptors (Lipinski definition) is 7. The van der Waals surface area contributed by atoms with Crippen molar-refractivity contribution in [1.82, 2.24) is 20.2 Å². The number of para-hydroxylation sites is 2. The van der Waals surface area contributed by atoms with Crippen molar-refractivity contribution in [3.63, 3.8) is 0 Å². The minimum atomic E-state index is -0.216. The molecule has 0 atom stereocenters. The maximum absolute atomic E-state index is 12.1. The lowest BCUT2D eigenvalue weighted by atomic mass is 10.2. The van der Waals surface area contributed by atoms with Crippen LogP contribution in [-0.4, -0.2) is 31.8 Å². The Hall–Kier alpha value is -3.64. The molecule has 0 fully saturated rings. The number of thioether (sulfide) groups is 1. The summed E-state index contributed by atoms with van der Waals surface area (Å²) in [6.07, 6.45) is 1.21. The summed E-state index contributed by atoms with van der Waals surface area (Å²) in [7, 11) is 0. The predicted octanol–water partition coefficient (Wildman–Crippen LogP) is 3.33. The highest BCUT2D eigenvalue weighted by Crippen LogP contribution is 2.18. The molecule has 2 N–H and O–H groups in total. The third-order valence-electron chi connectivity index (χ3n) is 4.06. The zero-order valence-corrected chi connectivity index (χ0v) is 16.1. The summed E-state index contributed by atoms with van der Waals surface area (Å²) in [6.45, 7) is 0. The number of fused-ring (bicyclic) bond motifs is 1. The van der Waals surface area contributed by atoms with E-state index >= 15 is 0 Å². The zero-order valence-electron chi connectivity index (χ0n) is 15.3. The van der Waals surface area contributed by atoms with Gasteiger partial charge in [-0.2, -0.15) is 5.26 Å². The van der Waals surface area contributed by atoms with Crippen molar-refractivity contribution >= 4 is 34.4 Å². The Balaban J connectivity index is 1.27. The van der Waals surface area contributed by atoms with Crippen molar-refractivity contribution in [3.05, 3.63) is 65.8 Å². The van der Waals surface area contributed by atoms with Gasteiger partial charge in [-0.25, -0.2) is 4.98 Å². The van der Waals surface area contributed by atoms with Gasteiger partial charge in [-0.05, 0) is 30.3 Å². The Morgan fingerprint density at radius 2 is 2.07 bits per heavy atom. The molecule has 2 aromatic heterocycles. The summed E-state index contributed by atoms with van der Waals surface area (Å²) in [5.74, 6) is 1.27. The fourth-order valence-corrected chi connectivity index (χ4v) is 3.32. The average Bonchev–Trinajstić information content (AvgIpc) is 3.37. The first-order chi connectivity index (χ1) is 14.2. The fraction of sp³-hybridized carbons (Fsp3) is 0.150. The lowest BCUT2D eigenvalue weighted by Crippen LogP contribution is -2.14. The number of hydrogen-bond donors (Lipinski definition) is 2. The van der Waals surface area contributed by atoms with Gasteiger partial charge < -0.3 is 14.7 Å². The van der Waals surface area contributed by atoms with Crippen molar-refractivity contribution in [2.75, 3.05) is 11.1 Å². The molecule has 0 bridgehead atoms. The Morgan fingerprint density at radius 3 is 2.93 bits per heavy atom. The molecule has 0 saturated carbocycles. The van der Waals surface area contributed by atoms with E-state index in [0.717, 1.165) is 28.6 Å². The molecular formula is C20H16N6O2S. The Kier molecular flexibility index (Phi) is 5.54. The minimum absolute atomic E-state index is 0.127. The first kappa shape index (κ1) is 18.7. The van der Waals surface area contributed by atoms with Gasteiger partial charge in [0.1, 0.15) is 5.82 Å². The number of anilines is 1. The number of aromatic nitrogens is 4. The maximum Gasteiger partial charge on any atom is 0.277 e. The molecule has 29 heavy (non-hydrogen) atoms. The van der Waals surface area contributed by atoms with E-state index in [1.807, 2.05) is 30.3 Å². The number of amides is 1. The first-order valence-electron chi connectivity index (χ1n) is 8.88. The molecule has 0 spiro atoms. The number of H-pyrrole nitrogens is 1. The van der Waals surface area contributed by atoms with Crippen LogP contribution in [0.5, 0.6) is 0 Å². The lowest BCUT2D eigenvalue weighted by molar-refractivity contribution is -0.113. The quantitative estimate of drug-likeness (QED) is 0.453. The summed E-state index contributed by atoms with van der Waals surface area (Å²) < 4.78 is 5.59. The Morgan fingerprint density at radius 1 is 1.17 bits per heavy atom. The van der Waals surface area contributed by atoms with E-state index in [4.69, 9.17) is 9.68 Å². The molecule has 8 nitrogen and oxygen atoms in total. The van der Waals surface area contributed by atoms with Crippen LogP contribution in [0, 0.1) is 11.3 Å². The number of rotatable bonds is 7. The van der Waals surface area contributed by atoms with Crippen LogP contribution in [0.3, 0.4) is 0 Å². The molecule has 2 aromatic carbocycles. The fourth-order valence-electron chi connectivity index (χ4n) is 2.74. The van der Waals surface area contributed by atoms with Crippen LogP contribution in [-0.2, 0) is 17.6 Å². The molecule has 0 aliphatic heterocycles. The van der Waals surface area contributed by atoms with E-state index in [1.165, 1.54) is 0 Å². The largest absolute Gasteiger partial charge is 0.416 e. The van der Waals surface area contributed by atoms with Gasteiger partial charge in [0, 0.05) is 18.5 Å². The first-order valence-corrected chi connectivity index (χ1v) is 9.87. The number of nitrogens with one attached hydrogen (secondary N) is 2. The molecular weight excluding hydrogens is 388 g/mol. The van der Waals surface area contributed by atoms with Gasteiger partial charge in [-0.15, -0.1) is 10.2 Å². The van der Waals surface area contributed by atoms with Crippen LogP contribution in [0.1, 0.15) is 17.3 Å². The standard InChI is InChI=1S/C20H16N6O2S/c21-11-13-4-3-5-14(10-13)22-18(27)12-29-20-26-25-19(28-20)9-8-17-23-15-6-1-2-7-16(15)24-17/h1-7,10H,8-9,12H2,(H,22,27)(H,23,24). The van der Waals surface area contributed by atoms with E-state index in [9.17, 15) is 4.79 Å². The summed E-state index contributed by atoms with van der Waals surface area (Å²) in [6, 6.07) is 16.6. The van der Waals surface area contributed by atoms with E-state index in [0.29, 0.717) is 35.2 Å². The highest BCUT2D eigenvalue weighted by Gasteiger charge is 2.11. The lowest BCUT2D eigenvalue weighted by Gasteiger charge is -2.03. The molecule has 0 unspecified atom stereocenters.